The van der Waals surface area contributed by atoms with Crippen LogP contribution < -0.4 is 4.74 Å². The summed E-state index contributed by atoms with van der Waals surface area (Å²) in [6, 6.07) is 5.66. The maximum atomic E-state index is 11.7. The first kappa shape index (κ1) is 9.00. The molecule has 1 aromatic rings. The maximum Gasteiger partial charge on any atom is 0.170 e. The summed E-state index contributed by atoms with van der Waals surface area (Å²) in [5.74, 6) is 0.816. The highest BCUT2D eigenvalue weighted by Gasteiger charge is 2.24. The van der Waals surface area contributed by atoms with Crippen LogP contribution in [0.1, 0.15) is 22.3 Å². The van der Waals surface area contributed by atoms with Crippen LogP contribution in [0.15, 0.2) is 30.9 Å². The van der Waals surface area contributed by atoms with Crippen LogP contribution in [-0.4, -0.2) is 11.9 Å². The first-order valence-electron chi connectivity index (χ1n) is 4.64. The van der Waals surface area contributed by atoms with Gasteiger partial charge in [0.2, 0.25) is 0 Å². The van der Waals surface area contributed by atoms with E-state index < -0.39 is 0 Å². The third-order valence-corrected chi connectivity index (χ3v) is 2.36. The lowest BCUT2D eigenvalue weighted by Gasteiger charge is -2.22. The smallest absolute Gasteiger partial charge is 0.170 e. The van der Waals surface area contributed by atoms with Crippen molar-refractivity contribution in [3.8, 4) is 5.75 Å². The van der Waals surface area contributed by atoms with Crippen molar-refractivity contribution >= 4 is 5.78 Å². The van der Waals surface area contributed by atoms with Crippen molar-refractivity contribution in [2.45, 2.75) is 19.4 Å². The summed E-state index contributed by atoms with van der Waals surface area (Å²) in [7, 11) is 0. The largest absolute Gasteiger partial charge is 0.485 e. The molecule has 2 heteroatoms. The van der Waals surface area contributed by atoms with Crippen LogP contribution in [0.3, 0.4) is 0 Å². The van der Waals surface area contributed by atoms with E-state index in [4.69, 9.17) is 4.74 Å². The molecule has 0 saturated carbocycles. The Morgan fingerprint density at radius 2 is 2.36 bits per heavy atom. The van der Waals surface area contributed by atoms with Crippen molar-refractivity contribution in [2.75, 3.05) is 0 Å². The first-order chi connectivity index (χ1) is 6.70. The summed E-state index contributed by atoms with van der Waals surface area (Å²) in [5.41, 5.74) is 1.78. The minimum absolute atomic E-state index is 0.139. The minimum atomic E-state index is -0.169. The Balaban J connectivity index is 2.44. The molecular formula is C12H12O2. The maximum absolute atomic E-state index is 11.7. The predicted octanol–water partition coefficient (Wildman–Crippen LogP) is 2.51. The average Bonchev–Trinajstić information content (AvgIpc) is 2.19. The number of Topliss-reactive ketones (excluding diaryl/α,β-unsaturated/α-hetero) is 1. The van der Waals surface area contributed by atoms with E-state index in [1.807, 2.05) is 25.1 Å². The normalized spacial score (nSPS) is 19.8. The van der Waals surface area contributed by atoms with Gasteiger partial charge in [-0.3, -0.25) is 4.79 Å². The van der Waals surface area contributed by atoms with Crippen molar-refractivity contribution < 1.29 is 9.53 Å². The average molecular weight is 188 g/mol. The van der Waals surface area contributed by atoms with Gasteiger partial charge in [0.25, 0.3) is 0 Å². The van der Waals surface area contributed by atoms with Crippen LogP contribution in [-0.2, 0) is 0 Å². The second kappa shape index (κ2) is 3.29. The Morgan fingerprint density at radius 3 is 3.07 bits per heavy atom. The molecule has 72 valence electrons. The third-order valence-electron chi connectivity index (χ3n) is 2.36. The van der Waals surface area contributed by atoms with Crippen molar-refractivity contribution in [2.24, 2.45) is 0 Å². The second-order valence-corrected chi connectivity index (χ2v) is 3.52. The Bertz CT molecular complexity index is 393. The van der Waals surface area contributed by atoms with Crippen LogP contribution >= 0.6 is 0 Å². The lowest BCUT2D eigenvalue weighted by Crippen LogP contribution is -2.24. The van der Waals surface area contributed by atoms with E-state index in [9.17, 15) is 4.79 Å². The summed E-state index contributed by atoms with van der Waals surface area (Å²) < 4.78 is 5.57. The van der Waals surface area contributed by atoms with E-state index in [-0.39, 0.29) is 11.9 Å². The Morgan fingerprint density at radius 1 is 1.57 bits per heavy atom. The van der Waals surface area contributed by atoms with E-state index in [0.717, 1.165) is 5.56 Å². The van der Waals surface area contributed by atoms with Crippen LogP contribution in [0.5, 0.6) is 5.75 Å². The van der Waals surface area contributed by atoms with E-state index in [2.05, 4.69) is 6.58 Å². The van der Waals surface area contributed by atoms with Gasteiger partial charge in [-0.05, 0) is 19.1 Å². The molecule has 0 spiro atoms. The van der Waals surface area contributed by atoms with Crippen LogP contribution in [0.25, 0.3) is 0 Å². The molecular weight excluding hydrogens is 176 g/mol. The minimum Gasteiger partial charge on any atom is -0.485 e. The van der Waals surface area contributed by atoms with E-state index in [1.54, 1.807) is 6.08 Å². The lowest BCUT2D eigenvalue weighted by molar-refractivity contribution is 0.0894. The fourth-order valence-electron chi connectivity index (χ4n) is 1.59. The van der Waals surface area contributed by atoms with Gasteiger partial charge in [0, 0.05) is 0 Å². The number of hydrogen-bond donors (Lipinski definition) is 0. The number of benzene rings is 1. The molecule has 1 aliphatic rings. The molecule has 0 N–H and O–H groups in total. The summed E-state index contributed by atoms with van der Waals surface area (Å²) >= 11 is 0. The molecule has 0 bridgehead atoms. The molecule has 0 fully saturated rings. The Kier molecular flexibility index (Phi) is 2.12. The van der Waals surface area contributed by atoms with Crippen LogP contribution in [0, 0.1) is 6.92 Å². The zero-order valence-corrected chi connectivity index (χ0v) is 8.12. The fraction of sp³-hybridized carbons (Fsp3) is 0.250. The topological polar surface area (TPSA) is 26.3 Å². The molecule has 0 aromatic heterocycles. The molecule has 0 radical (unpaired) electrons. The number of carbonyl (C=O) groups excluding carboxylic acids is 1. The molecule has 0 saturated heterocycles. The molecule has 14 heavy (non-hydrogen) atoms. The van der Waals surface area contributed by atoms with Gasteiger partial charge in [-0.2, -0.15) is 0 Å². The summed E-state index contributed by atoms with van der Waals surface area (Å²) in [6.07, 6.45) is 1.90. The number of ketones is 1. The van der Waals surface area contributed by atoms with Crippen LogP contribution in [0.2, 0.25) is 0 Å². The second-order valence-electron chi connectivity index (χ2n) is 3.52. The molecule has 1 atom stereocenters. The third kappa shape index (κ3) is 1.43. The number of carbonyl (C=O) groups is 1. The van der Waals surface area contributed by atoms with Gasteiger partial charge in [0.05, 0.1) is 12.0 Å². The van der Waals surface area contributed by atoms with Gasteiger partial charge in [-0.25, -0.2) is 0 Å². The molecule has 1 heterocycles. The molecule has 0 amide bonds. The van der Waals surface area contributed by atoms with Crippen LogP contribution in [0.4, 0.5) is 0 Å². The summed E-state index contributed by atoms with van der Waals surface area (Å²) in [5, 5.41) is 0. The monoisotopic (exact) mass is 188 g/mol. The number of fused-ring (bicyclic) bond motifs is 1. The lowest BCUT2D eigenvalue weighted by atomic mass is 9.99. The van der Waals surface area contributed by atoms with Crippen molar-refractivity contribution in [1.82, 2.24) is 0 Å². The molecule has 1 aliphatic heterocycles. The summed E-state index contributed by atoms with van der Waals surface area (Å²) in [4.78, 5) is 11.7. The first-order valence-corrected chi connectivity index (χ1v) is 4.64. The highest BCUT2D eigenvalue weighted by atomic mass is 16.5. The van der Waals surface area contributed by atoms with E-state index >= 15 is 0 Å². The predicted molar refractivity (Wildman–Crippen MR) is 54.7 cm³/mol. The van der Waals surface area contributed by atoms with E-state index in [1.165, 1.54) is 0 Å². The molecule has 2 nitrogen and oxygen atoms in total. The zero-order chi connectivity index (χ0) is 10.1. The van der Waals surface area contributed by atoms with Crippen molar-refractivity contribution in [3.63, 3.8) is 0 Å². The number of hydrogen-bond acceptors (Lipinski definition) is 2. The van der Waals surface area contributed by atoms with Gasteiger partial charge in [-0.1, -0.05) is 24.3 Å². The molecule has 2 rings (SSSR count). The molecule has 1 unspecified atom stereocenters. The number of ether oxygens (including phenoxy) is 1. The molecule has 1 aromatic carbocycles. The van der Waals surface area contributed by atoms with Gasteiger partial charge in [0.15, 0.2) is 5.78 Å². The Labute approximate surface area is 83.2 Å². The highest BCUT2D eigenvalue weighted by molar-refractivity contribution is 6.00. The van der Waals surface area contributed by atoms with Gasteiger partial charge in [0.1, 0.15) is 11.9 Å². The zero-order valence-electron chi connectivity index (χ0n) is 8.12. The number of rotatable bonds is 1. The fourth-order valence-corrected chi connectivity index (χ4v) is 1.59. The summed E-state index contributed by atoms with van der Waals surface area (Å²) in [6.45, 7) is 5.60. The van der Waals surface area contributed by atoms with Gasteiger partial charge >= 0.3 is 0 Å². The Hall–Kier alpha value is -1.57. The van der Waals surface area contributed by atoms with Gasteiger partial charge < -0.3 is 4.74 Å². The standard InChI is InChI=1S/C12H12O2/c1-3-9-7-11(13)10-6-8(2)4-5-12(10)14-9/h3-6,9H,1,7H2,2H3. The quantitative estimate of drug-likeness (QED) is 0.633. The van der Waals surface area contributed by atoms with Crippen molar-refractivity contribution in [3.05, 3.63) is 42.0 Å². The van der Waals surface area contributed by atoms with Crippen molar-refractivity contribution in [1.29, 1.82) is 0 Å². The number of aryl methyl sites for hydroxylation is 1. The van der Waals surface area contributed by atoms with Gasteiger partial charge in [-0.15, -0.1) is 0 Å². The van der Waals surface area contributed by atoms with E-state index in [0.29, 0.717) is 17.7 Å². The molecule has 0 aliphatic carbocycles. The highest BCUT2D eigenvalue weighted by Crippen LogP contribution is 2.28. The SMILES string of the molecule is C=CC1CC(=O)c2cc(C)ccc2O1.